The van der Waals surface area contributed by atoms with Crippen molar-refractivity contribution in [3.8, 4) is 17.6 Å². The summed E-state index contributed by atoms with van der Waals surface area (Å²) < 4.78 is 48.8. The summed E-state index contributed by atoms with van der Waals surface area (Å²) in [4.78, 5) is 12.0. The van der Waals surface area contributed by atoms with Crippen molar-refractivity contribution in [1.29, 1.82) is 5.26 Å². The number of hydrogen-bond acceptors (Lipinski definition) is 4. The zero-order valence-corrected chi connectivity index (χ0v) is 13.7. The van der Waals surface area contributed by atoms with Gasteiger partial charge in [0.2, 0.25) is 0 Å². The molecule has 136 valence electrons. The normalized spacial score (nSPS) is 20.4. The maximum Gasteiger partial charge on any atom is 0.391 e. The number of methoxy groups -OCH3 is 1. The van der Waals surface area contributed by atoms with Crippen molar-refractivity contribution >= 4 is 5.91 Å². The molecule has 2 rings (SSSR count). The average Bonchev–Trinajstić information content (AvgIpc) is 2.59. The van der Waals surface area contributed by atoms with Crippen LogP contribution in [-0.4, -0.2) is 31.8 Å². The van der Waals surface area contributed by atoms with Crippen molar-refractivity contribution < 1.29 is 27.4 Å². The fraction of sp³-hybridized carbons (Fsp3) is 0.529. The second-order valence-electron chi connectivity index (χ2n) is 5.94. The quantitative estimate of drug-likeness (QED) is 0.880. The molecule has 8 heteroatoms. The Kier molecular flexibility index (Phi) is 6.12. The summed E-state index contributed by atoms with van der Waals surface area (Å²) in [5, 5.41) is 11.4. The van der Waals surface area contributed by atoms with E-state index in [4.69, 9.17) is 14.7 Å². The van der Waals surface area contributed by atoms with Crippen molar-refractivity contribution in [2.45, 2.75) is 37.9 Å². The van der Waals surface area contributed by atoms with Gasteiger partial charge in [0.05, 0.1) is 24.7 Å². The molecule has 2 atom stereocenters. The van der Waals surface area contributed by atoms with Crippen LogP contribution in [0, 0.1) is 17.2 Å². The van der Waals surface area contributed by atoms with Gasteiger partial charge in [-0.3, -0.25) is 4.79 Å². The molecule has 2 unspecified atom stereocenters. The first-order chi connectivity index (χ1) is 11.8. The predicted octanol–water partition coefficient (Wildman–Crippen LogP) is 3.18. The van der Waals surface area contributed by atoms with Gasteiger partial charge in [-0.25, -0.2) is 0 Å². The van der Waals surface area contributed by atoms with Gasteiger partial charge < -0.3 is 14.8 Å². The van der Waals surface area contributed by atoms with Crippen molar-refractivity contribution in [1.82, 2.24) is 5.32 Å². The van der Waals surface area contributed by atoms with Crippen LogP contribution in [-0.2, 0) is 4.79 Å². The number of nitrogens with one attached hydrogen (secondary N) is 1. The molecule has 1 fully saturated rings. The molecule has 0 heterocycles. The van der Waals surface area contributed by atoms with Crippen molar-refractivity contribution in [3.63, 3.8) is 0 Å². The average molecular weight is 356 g/mol. The van der Waals surface area contributed by atoms with Crippen molar-refractivity contribution in [3.05, 3.63) is 23.8 Å². The number of halogens is 3. The number of alkyl halides is 3. The van der Waals surface area contributed by atoms with Crippen LogP contribution in [0.2, 0.25) is 0 Å². The van der Waals surface area contributed by atoms with Crippen LogP contribution < -0.4 is 14.8 Å². The van der Waals surface area contributed by atoms with Gasteiger partial charge in [-0.2, -0.15) is 18.4 Å². The highest BCUT2D eigenvalue weighted by Crippen LogP contribution is 2.37. The molecule has 0 aromatic heterocycles. The molecule has 1 aliphatic rings. The van der Waals surface area contributed by atoms with Crippen LogP contribution in [0.3, 0.4) is 0 Å². The molecule has 1 saturated carbocycles. The highest BCUT2D eigenvalue weighted by atomic mass is 19.4. The van der Waals surface area contributed by atoms with E-state index in [0.29, 0.717) is 24.2 Å². The van der Waals surface area contributed by atoms with Gasteiger partial charge in [0.25, 0.3) is 5.91 Å². The summed E-state index contributed by atoms with van der Waals surface area (Å²) in [6, 6.07) is 5.95. The second-order valence-corrected chi connectivity index (χ2v) is 5.94. The number of ether oxygens (including phenoxy) is 2. The highest BCUT2D eigenvalue weighted by molar-refractivity contribution is 5.78. The number of carbonyl (C=O) groups is 1. The summed E-state index contributed by atoms with van der Waals surface area (Å²) >= 11 is 0. The van der Waals surface area contributed by atoms with Gasteiger partial charge in [-0.1, -0.05) is 6.42 Å². The zero-order valence-electron chi connectivity index (χ0n) is 13.7. The molecule has 1 aromatic rings. The van der Waals surface area contributed by atoms with E-state index in [1.165, 1.54) is 25.3 Å². The molecule has 1 aromatic carbocycles. The van der Waals surface area contributed by atoms with Gasteiger partial charge >= 0.3 is 6.18 Å². The first kappa shape index (κ1) is 18.9. The summed E-state index contributed by atoms with van der Waals surface area (Å²) in [6.07, 6.45) is -3.27. The van der Waals surface area contributed by atoms with E-state index in [1.54, 1.807) is 0 Å². The Morgan fingerprint density at radius 1 is 1.36 bits per heavy atom. The minimum atomic E-state index is -4.23. The standard InChI is InChI=1S/C17H19F3N2O3/c1-24-15-7-11(9-21)5-6-14(15)25-10-16(23)22-13-4-2-3-12(8-13)17(18,19)20/h5-7,12-13H,2-4,8,10H2,1H3,(H,22,23). The lowest BCUT2D eigenvalue weighted by molar-refractivity contribution is -0.184. The lowest BCUT2D eigenvalue weighted by Gasteiger charge is -2.31. The number of amides is 1. The Hall–Kier alpha value is -2.43. The molecule has 0 saturated heterocycles. The molecule has 1 amide bonds. The first-order valence-electron chi connectivity index (χ1n) is 7.90. The predicted molar refractivity (Wildman–Crippen MR) is 83.1 cm³/mol. The molecule has 0 spiro atoms. The summed E-state index contributed by atoms with van der Waals surface area (Å²) in [6.45, 7) is -0.338. The molecule has 0 aliphatic heterocycles. The number of nitrogens with zero attached hydrogens (tertiary/aromatic N) is 1. The Morgan fingerprint density at radius 3 is 2.76 bits per heavy atom. The van der Waals surface area contributed by atoms with Crippen LogP contribution in [0.25, 0.3) is 0 Å². The third-order valence-electron chi connectivity index (χ3n) is 4.15. The molecule has 1 aliphatic carbocycles. The Labute approximate surface area is 143 Å². The number of benzene rings is 1. The van der Waals surface area contributed by atoms with E-state index in [1.807, 2.05) is 6.07 Å². The summed E-state index contributed by atoms with van der Waals surface area (Å²) in [5.74, 6) is -1.26. The van der Waals surface area contributed by atoms with E-state index in [-0.39, 0.29) is 25.2 Å². The Morgan fingerprint density at radius 2 is 2.12 bits per heavy atom. The van der Waals surface area contributed by atoms with E-state index in [0.717, 1.165) is 0 Å². The molecule has 1 N–H and O–H groups in total. The van der Waals surface area contributed by atoms with Crippen molar-refractivity contribution in [2.24, 2.45) is 5.92 Å². The highest BCUT2D eigenvalue weighted by Gasteiger charge is 2.42. The van der Waals surface area contributed by atoms with Gasteiger partial charge in [0.1, 0.15) is 0 Å². The lowest BCUT2D eigenvalue weighted by Crippen LogP contribution is -2.43. The Bertz CT molecular complexity index is 656. The number of nitriles is 1. The molecule has 0 bridgehead atoms. The number of rotatable bonds is 5. The maximum absolute atomic E-state index is 12.8. The topological polar surface area (TPSA) is 71.3 Å². The minimum Gasteiger partial charge on any atom is -0.493 e. The van der Waals surface area contributed by atoms with Crippen LogP contribution in [0.15, 0.2) is 18.2 Å². The van der Waals surface area contributed by atoms with Crippen LogP contribution in [0.5, 0.6) is 11.5 Å². The molecule has 5 nitrogen and oxygen atoms in total. The van der Waals surface area contributed by atoms with Crippen LogP contribution in [0.4, 0.5) is 13.2 Å². The third kappa shape index (κ3) is 5.28. The van der Waals surface area contributed by atoms with E-state index in [9.17, 15) is 18.0 Å². The SMILES string of the molecule is COc1cc(C#N)ccc1OCC(=O)NC1CCCC(C(F)(F)F)C1. The number of carbonyl (C=O) groups excluding carboxylic acids is 1. The van der Waals surface area contributed by atoms with E-state index >= 15 is 0 Å². The van der Waals surface area contributed by atoms with Gasteiger partial charge in [0, 0.05) is 12.1 Å². The molecular formula is C17H19F3N2O3. The minimum absolute atomic E-state index is 0.102. The molecule has 25 heavy (non-hydrogen) atoms. The first-order valence-corrected chi connectivity index (χ1v) is 7.90. The largest absolute Gasteiger partial charge is 0.493 e. The fourth-order valence-electron chi connectivity index (χ4n) is 2.89. The van der Waals surface area contributed by atoms with E-state index < -0.39 is 24.0 Å². The smallest absolute Gasteiger partial charge is 0.391 e. The zero-order chi connectivity index (χ0) is 18.4. The van der Waals surface area contributed by atoms with Crippen LogP contribution in [0.1, 0.15) is 31.2 Å². The van der Waals surface area contributed by atoms with Crippen LogP contribution >= 0.6 is 0 Å². The van der Waals surface area contributed by atoms with Gasteiger partial charge in [0.15, 0.2) is 18.1 Å². The second kappa shape index (κ2) is 8.10. The Balaban J connectivity index is 1.88. The molecular weight excluding hydrogens is 337 g/mol. The monoisotopic (exact) mass is 356 g/mol. The van der Waals surface area contributed by atoms with Gasteiger partial charge in [-0.15, -0.1) is 0 Å². The van der Waals surface area contributed by atoms with Crippen molar-refractivity contribution in [2.75, 3.05) is 13.7 Å². The molecule has 0 radical (unpaired) electrons. The summed E-state index contributed by atoms with van der Waals surface area (Å²) in [7, 11) is 1.41. The third-order valence-corrected chi connectivity index (χ3v) is 4.15. The van der Waals surface area contributed by atoms with Gasteiger partial charge in [-0.05, 0) is 31.4 Å². The number of hydrogen-bond donors (Lipinski definition) is 1. The van der Waals surface area contributed by atoms with E-state index in [2.05, 4.69) is 5.32 Å². The lowest BCUT2D eigenvalue weighted by atomic mass is 9.85. The fourth-order valence-corrected chi connectivity index (χ4v) is 2.89. The maximum atomic E-state index is 12.8. The summed E-state index contributed by atoms with van der Waals surface area (Å²) in [5.41, 5.74) is 0.383.